The van der Waals surface area contributed by atoms with Gasteiger partial charge in [0.05, 0.1) is 6.61 Å². The maximum absolute atomic E-state index is 9.54. The van der Waals surface area contributed by atoms with Gasteiger partial charge in [-0.25, -0.2) is 0 Å². The van der Waals surface area contributed by atoms with Crippen molar-refractivity contribution in [1.29, 1.82) is 0 Å². The minimum absolute atomic E-state index is 0.0135. The van der Waals surface area contributed by atoms with Gasteiger partial charge in [0.1, 0.15) is 0 Å². The zero-order chi connectivity index (χ0) is 11.9. The third-order valence-electron chi connectivity index (χ3n) is 3.81. The number of aliphatic hydroxyl groups is 1. The molecule has 1 saturated carbocycles. The summed E-state index contributed by atoms with van der Waals surface area (Å²) in [6.45, 7) is 4.42. The van der Waals surface area contributed by atoms with Gasteiger partial charge >= 0.3 is 0 Å². The quantitative estimate of drug-likeness (QED) is 0.656. The van der Waals surface area contributed by atoms with E-state index in [-0.39, 0.29) is 12.1 Å². The lowest BCUT2D eigenvalue weighted by atomic mass is 9.77. The van der Waals surface area contributed by atoms with E-state index in [0.29, 0.717) is 0 Å². The molecule has 3 heteroatoms. The van der Waals surface area contributed by atoms with Crippen molar-refractivity contribution < 1.29 is 9.84 Å². The molecule has 1 fully saturated rings. The minimum Gasteiger partial charge on any atom is -0.394 e. The molecule has 0 unspecified atom stereocenters. The lowest BCUT2D eigenvalue weighted by molar-refractivity contribution is 0.104. The molecule has 0 spiro atoms. The molecule has 1 aliphatic carbocycles. The number of hydrogen-bond acceptors (Lipinski definition) is 3. The van der Waals surface area contributed by atoms with Crippen LogP contribution in [-0.2, 0) is 4.74 Å². The van der Waals surface area contributed by atoms with Crippen LogP contribution in [0.2, 0.25) is 0 Å². The van der Waals surface area contributed by atoms with E-state index >= 15 is 0 Å². The highest BCUT2D eigenvalue weighted by atomic mass is 16.5. The Morgan fingerprint density at radius 2 is 2.00 bits per heavy atom. The van der Waals surface area contributed by atoms with Gasteiger partial charge < -0.3 is 15.2 Å². The summed E-state index contributed by atoms with van der Waals surface area (Å²) in [5.41, 5.74) is 0.0135. The molecule has 0 bridgehead atoms. The largest absolute Gasteiger partial charge is 0.394 e. The van der Waals surface area contributed by atoms with E-state index in [1.54, 1.807) is 7.11 Å². The van der Waals surface area contributed by atoms with Gasteiger partial charge in [0.2, 0.25) is 0 Å². The van der Waals surface area contributed by atoms with Crippen molar-refractivity contribution in [1.82, 2.24) is 5.32 Å². The average molecular weight is 229 g/mol. The summed E-state index contributed by atoms with van der Waals surface area (Å²) in [7, 11) is 1.74. The molecule has 16 heavy (non-hydrogen) atoms. The normalized spacial score (nSPS) is 30.6. The zero-order valence-electron chi connectivity index (χ0n) is 10.8. The molecule has 0 aromatic carbocycles. The summed E-state index contributed by atoms with van der Waals surface area (Å²) >= 11 is 0. The van der Waals surface area contributed by atoms with Gasteiger partial charge in [0.15, 0.2) is 0 Å². The summed E-state index contributed by atoms with van der Waals surface area (Å²) in [5, 5.41) is 13.1. The van der Waals surface area contributed by atoms with Gasteiger partial charge in [-0.2, -0.15) is 0 Å². The third-order valence-corrected chi connectivity index (χ3v) is 3.81. The van der Waals surface area contributed by atoms with Crippen molar-refractivity contribution >= 4 is 0 Å². The monoisotopic (exact) mass is 229 g/mol. The Labute approximate surface area is 99.6 Å². The zero-order valence-corrected chi connectivity index (χ0v) is 10.8. The Kier molecular flexibility index (Phi) is 6.32. The molecule has 0 atom stereocenters. The first-order chi connectivity index (χ1) is 7.72. The van der Waals surface area contributed by atoms with Gasteiger partial charge in [-0.05, 0) is 51.0 Å². The van der Waals surface area contributed by atoms with Crippen molar-refractivity contribution in [3.8, 4) is 0 Å². The van der Waals surface area contributed by atoms with Crippen LogP contribution in [0.1, 0.15) is 45.4 Å². The molecule has 2 N–H and O–H groups in total. The number of methoxy groups -OCH3 is 1. The van der Waals surface area contributed by atoms with E-state index in [4.69, 9.17) is 4.74 Å². The first kappa shape index (κ1) is 13.9. The fourth-order valence-corrected chi connectivity index (χ4v) is 2.43. The van der Waals surface area contributed by atoms with Gasteiger partial charge in [-0.15, -0.1) is 0 Å². The Morgan fingerprint density at radius 1 is 1.31 bits per heavy atom. The van der Waals surface area contributed by atoms with E-state index in [0.717, 1.165) is 44.8 Å². The molecule has 1 rings (SSSR count). The van der Waals surface area contributed by atoms with Gasteiger partial charge in [0, 0.05) is 19.3 Å². The highest BCUT2D eigenvalue weighted by molar-refractivity contribution is 4.91. The Morgan fingerprint density at radius 3 is 2.56 bits per heavy atom. The fourth-order valence-electron chi connectivity index (χ4n) is 2.43. The molecule has 0 aromatic rings. The highest BCUT2D eigenvalue weighted by Gasteiger charge is 2.32. The van der Waals surface area contributed by atoms with Crippen LogP contribution in [0.25, 0.3) is 0 Å². The van der Waals surface area contributed by atoms with E-state index in [1.165, 1.54) is 12.8 Å². The topological polar surface area (TPSA) is 41.5 Å². The molecule has 0 aliphatic heterocycles. The molecule has 0 amide bonds. The maximum Gasteiger partial charge on any atom is 0.0613 e. The van der Waals surface area contributed by atoms with Crippen LogP contribution in [-0.4, -0.2) is 37.5 Å². The summed E-state index contributed by atoms with van der Waals surface area (Å²) < 4.78 is 5.02. The van der Waals surface area contributed by atoms with E-state index in [1.807, 2.05) is 0 Å². The van der Waals surface area contributed by atoms with Crippen molar-refractivity contribution in [2.24, 2.45) is 5.92 Å². The van der Waals surface area contributed by atoms with Crippen molar-refractivity contribution in [2.45, 2.75) is 51.0 Å². The molecule has 0 heterocycles. The summed E-state index contributed by atoms with van der Waals surface area (Å²) in [5.74, 6) is 0.829. The second-order valence-electron chi connectivity index (χ2n) is 5.25. The first-order valence-corrected chi connectivity index (χ1v) is 6.57. The molecule has 3 nitrogen and oxygen atoms in total. The average Bonchev–Trinajstić information content (AvgIpc) is 2.32. The molecule has 0 saturated heterocycles. The molecular weight excluding hydrogens is 202 g/mol. The SMILES string of the molecule is COCCCCNC1(CO)CCC(C)CC1. The number of hydrogen-bond donors (Lipinski definition) is 2. The van der Waals surface area contributed by atoms with Crippen molar-refractivity contribution in [3.63, 3.8) is 0 Å². The molecule has 96 valence electrons. The highest BCUT2D eigenvalue weighted by Crippen LogP contribution is 2.31. The van der Waals surface area contributed by atoms with Crippen LogP contribution in [0.5, 0.6) is 0 Å². The Bertz CT molecular complexity index is 177. The van der Waals surface area contributed by atoms with Gasteiger partial charge in [-0.3, -0.25) is 0 Å². The van der Waals surface area contributed by atoms with E-state index in [9.17, 15) is 5.11 Å². The summed E-state index contributed by atoms with van der Waals surface area (Å²) in [6.07, 6.45) is 6.95. The number of aliphatic hydroxyl groups excluding tert-OH is 1. The number of nitrogens with one attached hydrogen (secondary N) is 1. The molecule has 0 radical (unpaired) electrons. The van der Waals surface area contributed by atoms with Gasteiger partial charge in [-0.1, -0.05) is 6.92 Å². The number of ether oxygens (including phenoxy) is 1. The Balaban J connectivity index is 2.20. The lowest BCUT2D eigenvalue weighted by Gasteiger charge is -2.39. The smallest absolute Gasteiger partial charge is 0.0613 e. The molecular formula is C13H27NO2. The van der Waals surface area contributed by atoms with Crippen molar-refractivity contribution in [2.75, 3.05) is 26.9 Å². The fraction of sp³-hybridized carbons (Fsp3) is 1.00. The van der Waals surface area contributed by atoms with Crippen LogP contribution in [0.3, 0.4) is 0 Å². The first-order valence-electron chi connectivity index (χ1n) is 6.57. The van der Waals surface area contributed by atoms with Crippen molar-refractivity contribution in [3.05, 3.63) is 0 Å². The maximum atomic E-state index is 9.54. The predicted molar refractivity (Wildman–Crippen MR) is 66.6 cm³/mol. The lowest BCUT2D eigenvalue weighted by Crippen LogP contribution is -2.51. The standard InChI is InChI=1S/C13H27NO2/c1-12-5-7-13(11-15,8-6-12)14-9-3-4-10-16-2/h12,14-15H,3-11H2,1-2H3. The van der Waals surface area contributed by atoms with Crippen LogP contribution in [0.4, 0.5) is 0 Å². The third kappa shape index (κ3) is 4.40. The van der Waals surface area contributed by atoms with Gasteiger partial charge in [0.25, 0.3) is 0 Å². The second-order valence-corrected chi connectivity index (χ2v) is 5.25. The Hall–Kier alpha value is -0.120. The number of rotatable bonds is 7. The van der Waals surface area contributed by atoms with Crippen LogP contribution < -0.4 is 5.32 Å². The number of unbranched alkanes of at least 4 members (excludes halogenated alkanes) is 1. The second kappa shape index (κ2) is 7.25. The van der Waals surface area contributed by atoms with Crippen LogP contribution in [0, 0.1) is 5.92 Å². The molecule has 0 aromatic heterocycles. The van der Waals surface area contributed by atoms with E-state index < -0.39 is 0 Å². The van der Waals surface area contributed by atoms with Crippen LogP contribution >= 0.6 is 0 Å². The van der Waals surface area contributed by atoms with E-state index in [2.05, 4.69) is 12.2 Å². The minimum atomic E-state index is 0.0135. The summed E-state index contributed by atoms with van der Waals surface area (Å²) in [6, 6.07) is 0. The molecule has 1 aliphatic rings. The van der Waals surface area contributed by atoms with Crippen LogP contribution in [0.15, 0.2) is 0 Å². The summed E-state index contributed by atoms with van der Waals surface area (Å²) in [4.78, 5) is 0. The predicted octanol–water partition coefficient (Wildman–Crippen LogP) is 1.94.